The summed E-state index contributed by atoms with van der Waals surface area (Å²) in [6, 6.07) is 11.2. The maximum Gasteiger partial charge on any atom is 0.573 e. The molecule has 5 heterocycles. The van der Waals surface area contributed by atoms with Gasteiger partial charge in [-0.2, -0.15) is 0 Å². The Balaban J connectivity index is 1.06. The zero-order valence-electron chi connectivity index (χ0n) is 21.1. The predicted molar refractivity (Wildman–Crippen MR) is 137 cm³/mol. The molecule has 4 aromatic heterocycles. The molecular weight excluding hydrogens is 527 g/mol. The lowest BCUT2D eigenvalue weighted by atomic mass is 10.2. The van der Waals surface area contributed by atoms with Crippen LogP contribution in [0.3, 0.4) is 0 Å². The lowest BCUT2D eigenvalue weighted by molar-refractivity contribution is -0.274. The van der Waals surface area contributed by atoms with Crippen LogP contribution < -0.4 is 14.8 Å². The highest BCUT2D eigenvalue weighted by Crippen LogP contribution is 2.25. The summed E-state index contributed by atoms with van der Waals surface area (Å²) < 4.78 is 50.8. The van der Waals surface area contributed by atoms with E-state index in [2.05, 4.69) is 40.2 Å². The van der Waals surface area contributed by atoms with E-state index in [0.29, 0.717) is 24.7 Å². The molecule has 1 aliphatic heterocycles. The van der Waals surface area contributed by atoms with Crippen molar-refractivity contribution in [2.24, 2.45) is 0 Å². The van der Waals surface area contributed by atoms with Gasteiger partial charge in [0.05, 0.1) is 36.0 Å². The molecular formula is C26H24F3N9O2. The minimum absolute atomic E-state index is 0.268. The molecule has 0 aliphatic carbocycles. The standard InChI is InChI=1S/C26H24F3N9O2/c27-26(28,29)40-20-3-1-18(2-4-20)13-30-24-12-22(32-17-33-24)23-15-31-25-11-21(5-6-37(23)25)39-10-9-36-7-8-38-19(16-36)14-34-35-38/h1-6,11-12,14-15,17H,7-10,13,16H2,(H,30,32,33). The van der Waals surface area contributed by atoms with Crippen LogP contribution in [-0.4, -0.2) is 65.3 Å². The first-order valence-electron chi connectivity index (χ1n) is 12.5. The third-order valence-electron chi connectivity index (χ3n) is 6.43. The van der Waals surface area contributed by atoms with Crippen LogP contribution in [0.1, 0.15) is 11.3 Å². The quantitative estimate of drug-likeness (QED) is 0.293. The largest absolute Gasteiger partial charge is 0.573 e. The Morgan fingerprint density at radius 2 is 1.82 bits per heavy atom. The number of anilines is 1. The highest BCUT2D eigenvalue weighted by molar-refractivity contribution is 5.63. The molecule has 0 bridgehead atoms. The summed E-state index contributed by atoms with van der Waals surface area (Å²) >= 11 is 0. The Hall–Kier alpha value is -4.72. The van der Waals surface area contributed by atoms with Gasteiger partial charge in [0.25, 0.3) is 0 Å². The number of nitrogens with one attached hydrogen (secondary N) is 1. The van der Waals surface area contributed by atoms with Crippen molar-refractivity contribution >= 4 is 11.5 Å². The van der Waals surface area contributed by atoms with Crippen LogP contribution in [0, 0.1) is 0 Å². The molecule has 1 aromatic carbocycles. The SMILES string of the molecule is FC(F)(F)Oc1ccc(CNc2cc(-c3cnc4cc(OCCN5CCn6nncc6C5)ccn34)ncn2)cc1. The number of benzene rings is 1. The van der Waals surface area contributed by atoms with E-state index in [1.54, 1.807) is 30.6 Å². The second-order valence-electron chi connectivity index (χ2n) is 9.14. The molecule has 0 fully saturated rings. The number of rotatable bonds is 9. The van der Waals surface area contributed by atoms with Gasteiger partial charge in [-0.3, -0.25) is 9.30 Å². The fourth-order valence-corrected chi connectivity index (χ4v) is 4.45. The zero-order valence-corrected chi connectivity index (χ0v) is 21.1. The molecule has 0 radical (unpaired) electrons. The number of hydrogen-bond acceptors (Lipinski definition) is 9. The summed E-state index contributed by atoms with van der Waals surface area (Å²) in [6.07, 6.45) is 2.14. The Labute approximate surface area is 226 Å². The fourth-order valence-electron chi connectivity index (χ4n) is 4.45. The van der Waals surface area contributed by atoms with Gasteiger partial charge in [0.1, 0.15) is 35.9 Å². The van der Waals surface area contributed by atoms with Crippen molar-refractivity contribution in [2.75, 3.05) is 25.0 Å². The average Bonchev–Trinajstić information content (AvgIpc) is 3.59. The Kier molecular flexibility index (Phi) is 6.90. The van der Waals surface area contributed by atoms with E-state index in [1.807, 2.05) is 27.4 Å². The predicted octanol–water partition coefficient (Wildman–Crippen LogP) is 3.79. The van der Waals surface area contributed by atoms with Gasteiger partial charge in [-0.25, -0.2) is 19.6 Å². The maximum absolute atomic E-state index is 12.4. The van der Waals surface area contributed by atoms with Crippen LogP contribution in [0.4, 0.5) is 19.0 Å². The third kappa shape index (κ3) is 5.96. The third-order valence-corrected chi connectivity index (χ3v) is 6.43. The number of aromatic nitrogens is 7. The van der Waals surface area contributed by atoms with Crippen molar-refractivity contribution in [3.05, 3.63) is 78.6 Å². The molecule has 11 nitrogen and oxygen atoms in total. The molecule has 6 rings (SSSR count). The molecule has 5 aromatic rings. The fraction of sp³-hybridized carbons (Fsp3) is 0.269. The van der Waals surface area contributed by atoms with E-state index < -0.39 is 6.36 Å². The number of alkyl halides is 3. The number of imidazole rings is 1. The van der Waals surface area contributed by atoms with E-state index in [-0.39, 0.29) is 5.75 Å². The van der Waals surface area contributed by atoms with Gasteiger partial charge in [-0.1, -0.05) is 17.3 Å². The van der Waals surface area contributed by atoms with Crippen LogP contribution in [0.25, 0.3) is 17.0 Å². The van der Waals surface area contributed by atoms with Crippen LogP contribution in [0.2, 0.25) is 0 Å². The molecule has 1 aliphatic rings. The second kappa shape index (κ2) is 10.8. The number of pyridine rings is 1. The Morgan fingerprint density at radius 3 is 2.67 bits per heavy atom. The highest BCUT2D eigenvalue weighted by Gasteiger charge is 2.31. The number of ether oxygens (including phenoxy) is 2. The number of hydrogen-bond donors (Lipinski definition) is 1. The van der Waals surface area contributed by atoms with Crippen molar-refractivity contribution in [3.8, 4) is 22.9 Å². The van der Waals surface area contributed by atoms with Crippen LogP contribution >= 0.6 is 0 Å². The minimum Gasteiger partial charge on any atom is -0.492 e. The van der Waals surface area contributed by atoms with Crippen molar-refractivity contribution < 1.29 is 22.6 Å². The van der Waals surface area contributed by atoms with E-state index in [1.165, 1.54) is 18.5 Å². The van der Waals surface area contributed by atoms with E-state index >= 15 is 0 Å². The minimum atomic E-state index is -4.72. The topological polar surface area (TPSA) is 108 Å². The van der Waals surface area contributed by atoms with E-state index in [9.17, 15) is 13.2 Å². The number of halogens is 3. The highest BCUT2D eigenvalue weighted by atomic mass is 19.4. The van der Waals surface area contributed by atoms with Crippen molar-refractivity contribution in [1.29, 1.82) is 0 Å². The molecule has 14 heteroatoms. The summed E-state index contributed by atoms with van der Waals surface area (Å²) in [5, 5.41) is 11.2. The monoisotopic (exact) mass is 551 g/mol. The second-order valence-corrected chi connectivity index (χ2v) is 9.14. The molecule has 0 saturated carbocycles. The summed E-state index contributed by atoms with van der Waals surface area (Å²) in [6.45, 7) is 4.22. The van der Waals surface area contributed by atoms with Gasteiger partial charge >= 0.3 is 6.36 Å². The van der Waals surface area contributed by atoms with E-state index in [4.69, 9.17) is 4.74 Å². The van der Waals surface area contributed by atoms with Crippen LogP contribution in [0.5, 0.6) is 11.5 Å². The summed E-state index contributed by atoms with van der Waals surface area (Å²) in [7, 11) is 0. The van der Waals surface area contributed by atoms with Crippen molar-refractivity contribution in [1.82, 2.24) is 39.2 Å². The molecule has 0 unspecified atom stereocenters. The van der Waals surface area contributed by atoms with E-state index in [0.717, 1.165) is 54.5 Å². The van der Waals surface area contributed by atoms with Gasteiger partial charge in [0.15, 0.2) is 0 Å². The molecule has 206 valence electrons. The molecule has 0 atom stereocenters. The smallest absolute Gasteiger partial charge is 0.492 e. The summed E-state index contributed by atoms with van der Waals surface area (Å²) in [4.78, 5) is 15.5. The Bertz CT molecular complexity index is 1600. The summed E-state index contributed by atoms with van der Waals surface area (Å²) in [5.41, 5.74) is 4.02. The van der Waals surface area contributed by atoms with Gasteiger partial charge in [0.2, 0.25) is 0 Å². The first-order chi connectivity index (χ1) is 19.4. The molecule has 40 heavy (non-hydrogen) atoms. The van der Waals surface area contributed by atoms with Gasteiger partial charge in [0, 0.05) is 44.5 Å². The summed E-state index contributed by atoms with van der Waals surface area (Å²) in [5.74, 6) is 1.02. The average molecular weight is 552 g/mol. The molecule has 0 amide bonds. The molecule has 0 spiro atoms. The van der Waals surface area contributed by atoms with Crippen molar-refractivity contribution in [2.45, 2.75) is 26.0 Å². The first-order valence-corrected chi connectivity index (χ1v) is 12.5. The number of nitrogens with zero attached hydrogens (tertiary/aromatic N) is 8. The van der Waals surface area contributed by atoms with Gasteiger partial charge < -0.3 is 14.8 Å². The van der Waals surface area contributed by atoms with Crippen molar-refractivity contribution in [3.63, 3.8) is 0 Å². The lowest BCUT2D eigenvalue weighted by Gasteiger charge is -2.26. The zero-order chi connectivity index (χ0) is 27.5. The molecule has 1 N–H and O–H groups in total. The normalized spacial score (nSPS) is 13.8. The lowest BCUT2D eigenvalue weighted by Crippen LogP contribution is -2.36. The molecule has 0 saturated heterocycles. The van der Waals surface area contributed by atoms with Crippen LogP contribution in [-0.2, 0) is 19.6 Å². The Morgan fingerprint density at radius 1 is 0.950 bits per heavy atom. The maximum atomic E-state index is 12.4. The van der Waals surface area contributed by atoms with Crippen LogP contribution in [0.15, 0.2) is 67.4 Å². The van der Waals surface area contributed by atoms with Gasteiger partial charge in [-0.15, -0.1) is 18.3 Å². The first kappa shape index (κ1) is 25.6. The number of fused-ring (bicyclic) bond motifs is 2. The van der Waals surface area contributed by atoms with Gasteiger partial charge in [-0.05, 0) is 23.8 Å².